The zero-order valence-electron chi connectivity index (χ0n) is 17.7. The van der Waals surface area contributed by atoms with Crippen LogP contribution < -0.4 is 14.8 Å². The number of benzene rings is 2. The van der Waals surface area contributed by atoms with Crippen molar-refractivity contribution in [2.45, 2.75) is 32.2 Å². The lowest BCUT2D eigenvalue weighted by Gasteiger charge is -2.33. The highest BCUT2D eigenvalue weighted by Gasteiger charge is 2.26. The number of carbonyl (C=O) groups is 2. The topological polar surface area (TPSA) is 67.9 Å². The van der Waals surface area contributed by atoms with Crippen molar-refractivity contribution in [2.24, 2.45) is 5.92 Å². The number of fused-ring (bicyclic) bond motifs is 1. The molecule has 2 aromatic carbocycles. The van der Waals surface area contributed by atoms with E-state index in [0.717, 1.165) is 25.0 Å². The Morgan fingerprint density at radius 2 is 1.84 bits per heavy atom. The number of hydrogen-bond donors (Lipinski definition) is 1. The second kappa shape index (κ2) is 9.97. The quantitative estimate of drug-likeness (QED) is 0.738. The number of hydrogen-bond acceptors (Lipinski definition) is 4. The molecular formula is C24H26F2N2O4. The van der Waals surface area contributed by atoms with Crippen molar-refractivity contribution >= 4 is 11.8 Å². The summed E-state index contributed by atoms with van der Waals surface area (Å²) in [5, 5.41) is 2.74. The smallest absolute Gasteiger partial charge is 0.254 e. The first-order valence-corrected chi connectivity index (χ1v) is 10.9. The minimum absolute atomic E-state index is 0.0468. The summed E-state index contributed by atoms with van der Waals surface area (Å²) >= 11 is 0. The maximum atomic E-state index is 13.3. The number of halogens is 2. The molecule has 2 heterocycles. The SMILES string of the molecule is O=C(CC[C@@H]1CCCN(C(=O)c2ccc3c(c2)OCCO3)C1)NCc1ccc(F)c(F)c1. The second-order valence-corrected chi connectivity index (χ2v) is 8.18. The Hall–Kier alpha value is -3.16. The normalized spacial score (nSPS) is 17.7. The lowest BCUT2D eigenvalue weighted by Crippen LogP contribution is -2.40. The molecule has 2 aliphatic heterocycles. The molecule has 0 bridgehead atoms. The Morgan fingerprint density at radius 3 is 2.66 bits per heavy atom. The third-order valence-corrected chi connectivity index (χ3v) is 5.85. The zero-order chi connectivity index (χ0) is 22.5. The van der Waals surface area contributed by atoms with Crippen LogP contribution in [0.4, 0.5) is 8.78 Å². The molecule has 4 rings (SSSR count). The first-order chi connectivity index (χ1) is 15.5. The molecule has 0 aliphatic carbocycles. The van der Waals surface area contributed by atoms with E-state index in [1.165, 1.54) is 6.07 Å². The van der Waals surface area contributed by atoms with Gasteiger partial charge < -0.3 is 19.7 Å². The Morgan fingerprint density at radius 1 is 1.03 bits per heavy atom. The number of likely N-dealkylation sites (tertiary alicyclic amines) is 1. The molecule has 0 radical (unpaired) electrons. The van der Waals surface area contributed by atoms with Gasteiger partial charge in [0, 0.05) is 31.6 Å². The van der Waals surface area contributed by atoms with Crippen molar-refractivity contribution in [1.82, 2.24) is 10.2 Å². The number of amides is 2. The van der Waals surface area contributed by atoms with Gasteiger partial charge in [0.05, 0.1) is 0 Å². The van der Waals surface area contributed by atoms with Crippen LogP contribution in [0.3, 0.4) is 0 Å². The van der Waals surface area contributed by atoms with Crippen molar-refractivity contribution < 1.29 is 27.8 Å². The summed E-state index contributed by atoms with van der Waals surface area (Å²) in [6, 6.07) is 8.82. The summed E-state index contributed by atoms with van der Waals surface area (Å²) in [7, 11) is 0. The molecule has 1 fully saturated rings. The number of piperidine rings is 1. The summed E-state index contributed by atoms with van der Waals surface area (Å²) in [5.74, 6) is -0.556. The maximum absolute atomic E-state index is 13.3. The van der Waals surface area contributed by atoms with E-state index >= 15 is 0 Å². The van der Waals surface area contributed by atoms with Gasteiger partial charge in [-0.05, 0) is 61.1 Å². The molecule has 0 saturated carbocycles. The molecule has 8 heteroatoms. The molecular weight excluding hydrogens is 418 g/mol. The Kier molecular flexibility index (Phi) is 6.87. The van der Waals surface area contributed by atoms with Crippen molar-refractivity contribution in [3.05, 3.63) is 59.2 Å². The molecule has 0 unspecified atom stereocenters. The van der Waals surface area contributed by atoms with Crippen LogP contribution in [0.1, 0.15) is 41.6 Å². The zero-order valence-corrected chi connectivity index (χ0v) is 17.7. The minimum Gasteiger partial charge on any atom is -0.486 e. The number of carbonyl (C=O) groups excluding carboxylic acids is 2. The summed E-state index contributed by atoms with van der Waals surface area (Å²) < 4.78 is 37.3. The predicted octanol–water partition coefficient (Wildman–Crippen LogP) is 3.68. The van der Waals surface area contributed by atoms with Gasteiger partial charge in [-0.1, -0.05) is 6.07 Å². The standard InChI is InChI=1S/C24H26F2N2O4/c25-19-6-3-17(12-20(19)26)14-27-23(29)8-4-16-2-1-9-28(15-16)24(30)18-5-7-21-22(13-18)32-11-10-31-21/h3,5-7,12-13,16H,1-2,4,8-11,14-15H2,(H,27,29)/t16-/m0/s1. The van der Waals surface area contributed by atoms with Gasteiger partial charge in [0.2, 0.25) is 5.91 Å². The highest BCUT2D eigenvalue weighted by Crippen LogP contribution is 2.32. The molecule has 2 aromatic rings. The van der Waals surface area contributed by atoms with Crippen molar-refractivity contribution in [2.75, 3.05) is 26.3 Å². The summed E-state index contributed by atoms with van der Waals surface area (Å²) in [4.78, 5) is 27.0. The average molecular weight is 444 g/mol. The monoisotopic (exact) mass is 444 g/mol. The molecule has 170 valence electrons. The highest BCUT2D eigenvalue weighted by atomic mass is 19.2. The largest absolute Gasteiger partial charge is 0.486 e. The number of ether oxygens (including phenoxy) is 2. The van der Waals surface area contributed by atoms with Crippen LogP contribution in [0.5, 0.6) is 11.5 Å². The van der Waals surface area contributed by atoms with E-state index in [9.17, 15) is 18.4 Å². The summed E-state index contributed by atoms with van der Waals surface area (Å²) in [6.07, 6.45) is 2.83. The van der Waals surface area contributed by atoms with Crippen molar-refractivity contribution in [3.63, 3.8) is 0 Å². The van der Waals surface area contributed by atoms with Crippen LogP contribution in [0, 0.1) is 17.6 Å². The third kappa shape index (κ3) is 5.36. The van der Waals surface area contributed by atoms with Gasteiger partial charge in [0.25, 0.3) is 5.91 Å². The molecule has 32 heavy (non-hydrogen) atoms. The van der Waals surface area contributed by atoms with Crippen LogP contribution in [-0.4, -0.2) is 43.0 Å². The maximum Gasteiger partial charge on any atom is 0.254 e. The number of nitrogens with one attached hydrogen (secondary N) is 1. The van der Waals surface area contributed by atoms with Gasteiger partial charge in [-0.2, -0.15) is 0 Å². The van der Waals surface area contributed by atoms with Gasteiger partial charge in [-0.25, -0.2) is 8.78 Å². The van der Waals surface area contributed by atoms with E-state index in [0.29, 0.717) is 61.8 Å². The van der Waals surface area contributed by atoms with Crippen molar-refractivity contribution in [1.29, 1.82) is 0 Å². The van der Waals surface area contributed by atoms with E-state index in [4.69, 9.17) is 9.47 Å². The molecule has 1 saturated heterocycles. The lowest BCUT2D eigenvalue weighted by atomic mass is 9.92. The van der Waals surface area contributed by atoms with E-state index in [1.807, 2.05) is 4.90 Å². The highest BCUT2D eigenvalue weighted by molar-refractivity contribution is 5.95. The molecule has 6 nitrogen and oxygen atoms in total. The van der Waals surface area contributed by atoms with Crippen LogP contribution in [0.15, 0.2) is 36.4 Å². The molecule has 1 atom stereocenters. The van der Waals surface area contributed by atoms with Crippen LogP contribution in [-0.2, 0) is 11.3 Å². The summed E-state index contributed by atoms with van der Waals surface area (Å²) in [5.41, 5.74) is 1.07. The third-order valence-electron chi connectivity index (χ3n) is 5.85. The Balaban J connectivity index is 1.26. The first kappa shape index (κ1) is 22.0. The van der Waals surface area contributed by atoms with E-state index < -0.39 is 11.6 Å². The fourth-order valence-corrected chi connectivity index (χ4v) is 4.12. The van der Waals surface area contributed by atoms with Gasteiger partial charge in [0.1, 0.15) is 13.2 Å². The Labute approximate surface area is 185 Å². The minimum atomic E-state index is -0.929. The number of rotatable bonds is 6. The molecule has 2 amide bonds. The van der Waals surface area contributed by atoms with E-state index in [2.05, 4.69) is 5.32 Å². The average Bonchev–Trinajstić information content (AvgIpc) is 2.83. The van der Waals surface area contributed by atoms with Gasteiger partial charge in [0.15, 0.2) is 23.1 Å². The fraction of sp³-hybridized carbons (Fsp3) is 0.417. The Bertz CT molecular complexity index is 998. The van der Waals surface area contributed by atoms with Gasteiger partial charge in [-0.3, -0.25) is 9.59 Å². The van der Waals surface area contributed by atoms with Crippen LogP contribution in [0.25, 0.3) is 0 Å². The van der Waals surface area contributed by atoms with Gasteiger partial charge in [-0.15, -0.1) is 0 Å². The number of nitrogens with zero attached hydrogens (tertiary/aromatic N) is 1. The van der Waals surface area contributed by atoms with E-state index in [1.54, 1.807) is 18.2 Å². The first-order valence-electron chi connectivity index (χ1n) is 10.9. The van der Waals surface area contributed by atoms with Crippen LogP contribution in [0.2, 0.25) is 0 Å². The lowest BCUT2D eigenvalue weighted by molar-refractivity contribution is -0.121. The summed E-state index contributed by atoms with van der Waals surface area (Å²) in [6.45, 7) is 2.41. The van der Waals surface area contributed by atoms with Crippen LogP contribution >= 0.6 is 0 Å². The van der Waals surface area contributed by atoms with Crippen molar-refractivity contribution in [3.8, 4) is 11.5 Å². The van der Waals surface area contributed by atoms with Gasteiger partial charge >= 0.3 is 0 Å². The molecule has 2 aliphatic rings. The van der Waals surface area contributed by atoms with E-state index in [-0.39, 0.29) is 24.3 Å². The molecule has 1 N–H and O–H groups in total. The molecule has 0 aromatic heterocycles. The molecule has 0 spiro atoms. The fourth-order valence-electron chi connectivity index (χ4n) is 4.12. The second-order valence-electron chi connectivity index (χ2n) is 8.18. The predicted molar refractivity (Wildman–Crippen MR) is 113 cm³/mol.